The molecule has 6 nitrogen and oxygen atoms in total. The standard InChI is InChI=1S/C13H17NO5S/c15-10-6-9(7-10)14-20(16,17)11-2-3-12-13(8-11)19-5-1-4-18-12/h2-3,8-10,14-15H,1,4-7H2. The summed E-state index contributed by atoms with van der Waals surface area (Å²) in [5.41, 5.74) is 0. The molecule has 1 fully saturated rings. The smallest absolute Gasteiger partial charge is 0.240 e. The fourth-order valence-electron chi connectivity index (χ4n) is 2.28. The molecular weight excluding hydrogens is 282 g/mol. The predicted octanol–water partition coefficient (Wildman–Crippen LogP) is 0.649. The predicted molar refractivity (Wildman–Crippen MR) is 71.4 cm³/mol. The van der Waals surface area contributed by atoms with Gasteiger partial charge in [0.1, 0.15) is 0 Å². The lowest BCUT2D eigenvalue weighted by molar-refractivity contribution is 0.0712. The molecule has 0 atom stereocenters. The Labute approximate surface area is 117 Å². The second kappa shape index (κ2) is 5.23. The molecule has 1 aliphatic carbocycles. The summed E-state index contributed by atoms with van der Waals surface area (Å²) in [4.78, 5) is 0.156. The van der Waals surface area contributed by atoms with Crippen LogP contribution in [0.15, 0.2) is 23.1 Å². The van der Waals surface area contributed by atoms with Crippen LogP contribution in [0.25, 0.3) is 0 Å². The first-order valence-corrected chi connectivity index (χ1v) is 8.13. The minimum atomic E-state index is -3.59. The lowest BCUT2D eigenvalue weighted by Crippen LogP contribution is -2.46. The molecule has 0 radical (unpaired) electrons. The number of nitrogens with one attached hydrogen (secondary N) is 1. The van der Waals surface area contributed by atoms with Gasteiger partial charge >= 0.3 is 0 Å². The van der Waals surface area contributed by atoms with Crippen molar-refractivity contribution in [2.75, 3.05) is 13.2 Å². The van der Waals surface area contributed by atoms with Gasteiger partial charge in [-0.3, -0.25) is 0 Å². The highest BCUT2D eigenvalue weighted by atomic mass is 32.2. The van der Waals surface area contributed by atoms with Gasteiger partial charge in [0.05, 0.1) is 24.2 Å². The van der Waals surface area contributed by atoms with E-state index in [0.29, 0.717) is 37.6 Å². The van der Waals surface area contributed by atoms with Crippen LogP contribution in [0.5, 0.6) is 11.5 Å². The van der Waals surface area contributed by atoms with Gasteiger partial charge < -0.3 is 14.6 Å². The molecule has 2 N–H and O–H groups in total. The van der Waals surface area contributed by atoms with Crippen LogP contribution in [0.1, 0.15) is 19.3 Å². The van der Waals surface area contributed by atoms with Crippen molar-refractivity contribution in [3.05, 3.63) is 18.2 Å². The number of sulfonamides is 1. The summed E-state index contributed by atoms with van der Waals surface area (Å²) in [7, 11) is -3.59. The van der Waals surface area contributed by atoms with Crippen LogP contribution < -0.4 is 14.2 Å². The first-order valence-electron chi connectivity index (χ1n) is 6.65. The maximum atomic E-state index is 12.2. The number of hydrogen-bond acceptors (Lipinski definition) is 5. The van der Waals surface area contributed by atoms with Crippen LogP contribution in [0.4, 0.5) is 0 Å². The Morgan fingerprint density at radius 1 is 1.15 bits per heavy atom. The number of hydrogen-bond donors (Lipinski definition) is 2. The van der Waals surface area contributed by atoms with Crippen molar-refractivity contribution in [2.24, 2.45) is 0 Å². The average Bonchev–Trinajstić information content (AvgIpc) is 2.60. The van der Waals surface area contributed by atoms with Gasteiger partial charge in [0, 0.05) is 18.5 Å². The quantitative estimate of drug-likeness (QED) is 0.856. The molecule has 1 aliphatic heterocycles. The number of aliphatic hydroxyl groups is 1. The van der Waals surface area contributed by atoms with Gasteiger partial charge in [-0.15, -0.1) is 0 Å². The van der Waals surface area contributed by atoms with Gasteiger partial charge in [-0.25, -0.2) is 13.1 Å². The molecule has 3 rings (SSSR count). The van der Waals surface area contributed by atoms with Crippen molar-refractivity contribution < 1.29 is 23.0 Å². The first kappa shape index (κ1) is 13.7. The maximum Gasteiger partial charge on any atom is 0.240 e. The van der Waals surface area contributed by atoms with Crippen molar-refractivity contribution in [2.45, 2.75) is 36.3 Å². The lowest BCUT2D eigenvalue weighted by atomic mass is 9.91. The van der Waals surface area contributed by atoms with E-state index in [1.54, 1.807) is 6.07 Å². The van der Waals surface area contributed by atoms with Crippen molar-refractivity contribution in [3.8, 4) is 11.5 Å². The molecular formula is C13H17NO5S. The highest BCUT2D eigenvalue weighted by Gasteiger charge is 2.31. The number of ether oxygens (including phenoxy) is 2. The summed E-state index contributed by atoms with van der Waals surface area (Å²) >= 11 is 0. The highest BCUT2D eigenvalue weighted by molar-refractivity contribution is 7.89. The van der Waals surface area contributed by atoms with Gasteiger partial charge in [0.15, 0.2) is 11.5 Å². The molecule has 0 amide bonds. The Balaban J connectivity index is 1.80. The van der Waals surface area contributed by atoms with Crippen LogP contribution in [0.3, 0.4) is 0 Å². The van der Waals surface area contributed by atoms with E-state index in [9.17, 15) is 13.5 Å². The van der Waals surface area contributed by atoms with Crippen LogP contribution >= 0.6 is 0 Å². The Morgan fingerprint density at radius 2 is 1.85 bits per heavy atom. The van der Waals surface area contributed by atoms with Crippen molar-refractivity contribution >= 4 is 10.0 Å². The summed E-state index contributed by atoms with van der Waals surface area (Å²) in [6.07, 6.45) is 1.30. The second-order valence-corrected chi connectivity index (χ2v) is 6.82. The zero-order valence-electron chi connectivity index (χ0n) is 10.9. The Morgan fingerprint density at radius 3 is 2.55 bits per heavy atom. The number of rotatable bonds is 3. The van der Waals surface area contributed by atoms with Gasteiger partial charge in [-0.2, -0.15) is 0 Å². The Bertz CT molecular complexity index is 595. The van der Waals surface area contributed by atoms with E-state index >= 15 is 0 Å². The van der Waals surface area contributed by atoms with Crippen LogP contribution in [-0.4, -0.2) is 38.9 Å². The molecule has 2 aliphatic rings. The van der Waals surface area contributed by atoms with E-state index in [0.717, 1.165) is 6.42 Å². The summed E-state index contributed by atoms with van der Waals surface area (Å²) in [6, 6.07) is 4.42. The monoisotopic (exact) mass is 299 g/mol. The Hall–Kier alpha value is -1.31. The first-order chi connectivity index (χ1) is 9.54. The van der Waals surface area contributed by atoms with E-state index in [4.69, 9.17) is 9.47 Å². The number of aliphatic hydroxyl groups excluding tert-OH is 1. The van der Waals surface area contributed by atoms with Crippen molar-refractivity contribution in [1.82, 2.24) is 4.72 Å². The third-order valence-corrected chi connectivity index (χ3v) is 4.98. The summed E-state index contributed by atoms with van der Waals surface area (Å²) < 4.78 is 38.0. The van der Waals surface area contributed by atoms with Crippen LogP contribution in [0.2, 0.25) is 0 Å². The lowest BCUT2D eigenvalue weighted by Gasteiger charge is -2.31. The van der Waals surface area contributed by atoms with E-state index in [-0.39, 0.29) is 10.9 Å². The largest absolute Gasteiger partial charge is 0.490 e. The maximum absolute atomic E-state index is 12.2. The van der Waals surface area contributed by atoms with Gasteiger partial charge in [-0.05, 0) is 25.0 Å². The molecule has 0 spiro atoms. The van der Waals surface area contributed by atoms with Crippen LogP contribution in [-0.2, 0) is 10.0 Å². The molecule has 1 saturated carbocycles. The average molecular weight is 299 g/mol. The molecule has 0 saturated heterocycles. The SMILES string of the molecule is O=S(=O)(NC1CC(O)C1)c1ccc2c(c1)OCCCO2. The van der Waals surface area contributed by atoms with E-state index in [1.165, 1.54) is 12.1 Å². The highest BCUT2D eigenvalue weighted by Crippen LogP contribution is 2.32. The van der Waals surface area contributed by atoms with Gasteiger partial charge in [0.25, 0.3) is 0 Å². The fourth-order valence-corrected chi connectivity index (χ4v) is 3.56. The van der Waals surface area contributed by atoms with Crippen LogP contribution in [0, 0.1) is 0 Å². The third kappa shape index (κ3) is 2.74. The molecule has 1 heterocycles. The zero-order valence-corrected chi connectivity index (χ0v) is 11.7. The molecule has 1 aromatic rings. The zero-order chi connectivity index (χ0) is 14.2. The Kier molecular flexibility index (Phi) is 3.57. The van der Waals surface area contributed by atoms with Gasteiger partial charge in [0.2, 0.25) is 10.0 Å². The van der Waals surface area contributed by atoms with Crippen molar-refractivity contribution in [1.29, 1.82) is 0 Å². The topological polar surface area (TPSA) is 84.9 Å². The number of benzene rings is 1. The summed E-state index contributed by atoms with van der Waals surface area (Å²) in [5.74, 6) is 1.03. The number of fused-ring (bicyclic) bond motifs is 1. The normalized spacial score (nSPS) is 25.6. The summed E-state index contributed by atoms with van der Waals surface area (Å²) in [6.45, 7) is 1.08. The molecule has 0 bridgehead atoms. The summed E-state index contributed by atoms with van der Waals surface area (Å²) in [5, 5.41) is 9.20. The van der Waals surface area contributed by atoms with E-state index in [2.05, 4.69) is 4.72 Å². The van der Waals surface area contributed by atoms with E-state index < -0.39 is 16.1 Å². The molecule has 1 aromatic carbocycles. The molecule has 20 heavy (non-hydrogen) atoms. The molecule has 0 aromatic heterocycles. The molecule has 7 heteroatoms. The second-order valence-electron chi connectivity index (χ2n) is 5.10. The molecule has 0 unspecified atom stereocenters. The van der Waals surface area contributed by atoms with Crippen molar-refractivity contribution in [3.63, 3.8) is 0 Å². The third-order valence-electron chi connectivity index (χ3n) is 3.46. The fraction of sp³-hybridized carbons (Fsp3) is 0.538. The van der Waals surface area contributed by atoms with Gasteiger partial charge in [-0.1, -0.05) is 0 Å². The molecule has 110 valence electrons. The minimum Gasteiger partial charge on any atom is -0.490 e. The minimum absolute atomic E-state index is 0.156. The van der Waals surface area contributed by atoms with E-state index in [1.807, 2.05) is 0 Å².